The maximum absolute atomic E-state index is 5.42. The summed E-state index contributed by atoms with van der Waals surface area (Å²) in [5.41, 5.74) is 0. The summed E-state index contributed by atoms with van der Waals surface area (Å²) in [5, 5.41) is 3.71. The van der Waals surface area contributed by atoms with Crippen LogP contribution < -0.4 is 5.32 Å². The van der Waals surface area contributed by atoms with Crippen molar-refractivity contribution in [1.82, 2.24) is 10.2 Å². The van der Waals surface area contributed by atoms with Crippen LogP contribution in [0.25, 0.3) is 0 Å². The molecule has 2 saturated heterocycles. The summed E-state index contributed by atoms with van der Waals surface area (Å²) < 4.78 is 0. The van der Waals surface area contributed by atoms with Gasteiger partial charge in [0, 0.05) is 12.1 Å². The van der Waals surface area contributed by atoms with Crippen LogP contribution in [0.4, 0.5) is 0 Å². The molecule has 96 valence electrons. The average Bonchev–Trinajstić information content (AvgIpc) is 2.66. The normalized spacial score (nSPS) is 31.7. The van der Waals surface area contributed by atoms with Gasteiger partial charge < -0.3 is 5.32 Å². The number of rotatable bonds is 6. The number of nitrogens with zero attached hydrogens (tertiary/aromatic N) is 1. The van der Waals surface area contributed by atoms with E-state index in [1.807, 2.05) is 0 Å². The average molecular weight is 234 g/mol. The van der Waals surface area contributed by atoms with Gasteiger partial charge >= 0.3 is 0 Å². The Morgan fingerprint density at radius 3 is 2.53 bits per heavy atom. The lowest BCUT2D eigenvalue weighted by atomic mass is 9.89. The molecule has 0 aromatic carbocycles. The van der Waals surface area contributed by atoms with Crippen molar-refractivity contribution in [2.24, 2.45) is 5.92 Å². The molecule has 0 radical (unpaired) electrons. The molecule has 2 fully saturated rings. The van der Waals surface area contributed by atoms with E-state index < -0.39 is 0 Å². The van der Waals surface area contributed by atoms with Crippen molar-refractivity contribution in [1.29, 1.82) is 0 Å². The Kier molecular flexibility index (Phi) is 4.88. The van der Waals surface area contributed by atoms with Gasteiger partial charge in [-0.25, -0.2) is 0 Å². The van der Waals surface area contributed by atoms with Gasteiger partial charge in [-0.15, -0.1) is 6.42 Å². The van der Waals surface area contributed by atoms with Crippen LogP contribution in [0, 0.1) is 18.3 Å². The van der Waals surface area contributed by atoms with Crippen molar-refractivity contribution in [3.63, 3.8) is 0 Å². The van der Waals surface area contributed by atoms with Gasteiger partial charge in [-0.2, -0.15) is 0 Å². The third kappa shape index (κ3) is 3.72. The van der Waals surface area contributed by atoms with Gasteiger partial charge in [-0.3, -0.25) is 4.90 Å². The fourth-order valence-electron chi connectivity index (χ4n) is 3.49. The van der Waals surface area contributed by atoms with Gasteiger partial charge in [0.2, 0.25) is 0 Å². The van der Waals surface area contributed by atoms with Gasteiger partial charge in [0.25, 0.3) is 0 Å². The number of hydrogen-bond acceptors (Lipinski definition) is 2. The van der Waals surface area contributed by atoms with E-state index in [1.54, 1.807) is 0 Å². The Bertz CT molecular complexity index is 257. The zero-order chi connectivity index (χ0) is 12.1. The molecule has 0 aliphatic carbocycles. The monoisotopic (exact) mass is 234 g/mol. The Morgan fingerprint density at radius 1 is 1.24 bits per heavy atom. The van der Waals surface area contributed by atoms with E-state index >= 15 is 0 Å². The summed E-state index contributed by atoms with van der Waals surface area (Å²) in [6.07, 6.45) is 13.6. The molecule has 0 aromatic heterocycles. The zero-order valence-corrected chi connectivity index (χ0v) is 11.1. The van der Waals surface area contributed by atoms with Gasteiger partial charge in [-0.05, 0) is 57.5 Å². The van der Waals surface area contributed by atoms with Crippen molar-refractivity contribution in [3.05, 3.63) is 0 Å². The molecule has 0 amide bonds. The second kappa shape index (κ2) is 6.42. The van der Waals surface area contributed by atoms with E-state index in [2.05, 4.69) is 23.1 Å². The zero-order valence-electron chi connectivity index (χ0n) is 11.1. The van der Waals surface area contributed by atoms with Crippen LogP contribution in [-0.4, -0.2) is 36.6 Å². The maximum atomic E-state index is 5.42. The predicted octanol–water partition coefficient (Wildman–Crippen LogP) is 2.25. The van der Waals surface area contributed by atoms with Crippen LogP contribution in [0.1, 0.15) is 45.4 Å². The molecule has 2 bridgehead atoms. The van der Waals surface area contributed by atoms with Crippen molar-refractivity contribution < 1.29 is 0 Å². The highest BCUT2D eigenvalue weighted by molar-refractivity contribution is 4.93. The fraction of sp³-hybridized carbons (Fsp3) is 0.867. The predicted molar refractivity (Wildman–Crippen MR) is 72.9 cm³/mol. The lowest BCUT2D eigenvalue weighted by molar-refractivity contribution is 0.232. The van der Waals surface area contributed by atoms with Crippen molar-refractivity contribution >= 4 is 0 Å². The number of hydrogen-bond donors (Lipinski definition) is 1. The van der Waals surface area contributed by atoms with Gasteiger partial charge in [-0.1, -0.05) is 12.8 Å². The first-order chi connectivity index (χ1) is 8.31. The van der Waals surface area contributed by atoms with E-state index in [4.69, 9.17) is 6.42 Å². The largest absolute Gasteiger partial charge is 0.311 e. The Labute approximate surface area is 106 Å². The smallest absolute Gasteiger partial charge is 0.0598 e. The van der Waals surface area contributed by atoms with Crippen LogP contribution in [0.5, 0.6) is 0 Å². The van der Waals surface area contributed by atoms with Gasteiger partial charge in [0.05, 0.1) is 6.54 Å². The molecule has 2 aliphatic heterocycles. The second-order valence-electron chi connectivity index (χ2n) is 5.74. The first kappa shape index (κ1) is 12.9. The minimum atomic E-state index is 0.825. The third-order valence-corrected chi connectivity index (χ3v) is 4.28. The molecule has 0 spiro atoms. The van der Waals surface area contributed by atoms with E-state index in [0.717, 1.165) is 31.1 Å². The van der Waals surface area contributed by atoms with Crippen molar-refractivity contribution in [2.45, 2.75) is 57.5 Å². The molecule has 1 N–H and O–H groups in total. The Morgan fingerprint density at radius 2 is 1.94 bits per heavy atom. The summed E-state index contributed by atoms with van der Waals surface area (Å²) in [7, 11) is 0. The molecule has 2 heteroatoms. The molecule has 17 heavy (non-hydrogen) atoms. The lowest BCUT2D eigenvalue weighted by Crippen LogP contribution is -2.39. The van der Waals surface area contributed by atoms with Crippen LogP contribution in [0.3, 0.4) is 0 Å². The number of fused-ring (bicyclic) bond motifs is 2. The van der Waals surface area contributed by atoms with Gasteiger partial charge in [0.15, 0.2) is 0 Å². The molecule has 2 rings (SSSR count). The molecule has 2 aliphatic rings. The quantitative estimate of drug-likeness (QED) is 0.709. The summed E-state index contributed by atoms with van der Waals surface area (Å²) in [6.45, 7) is 5.41. The minimum absolute atomic E-state index is 0.825. The summed E-state index contributed by atoms with van der Waals surface area (Å²) in [5.74, 6) is 3.72. The fourth-order valence-corrected chi connectivity index (χ4v) is 3.49. The highest BCUT2D eigenvalue weighted by atomic mass is 15.1. The van der Waals surface area contributed by atoms with Crippen LogP contribution >= 0.6 is 0 Å². The van der Waals surface area contributed by atoms with E-state index in [1.165, 1.54) is 45.1 Å². The first-order valence-electron chi connectivity index (χ1n) is 7.23. The van der Waals surface area contributed by atoms with E-state index in [9.17, 15) is 0 Å². The molecule has 0 saturated carbocycles. The second-order valence-corrected chi connectivity index (χ2v) is 5.74. The molecular weight excluding hydrogens is 208 g/mol. The van der Waals surface area contributed by atoms with E-state index in [-0.39, 0.29) is 0 Å². The first-order valence-corrected chi connectivity index (χ1v) is 7.23. The van der Waals surface area contributed by atoms with Crippen molar-refractivity contribution in [3.8, 4) is 12.3 Å². The maximum Gasteiger partial charge on any atom is 0.0598 e. The molecule has 2 atom stereocenters. The number of terminal acetylenes is 1. The molecule has 2 heterocycles. The summed E-state index contributed by atoms with van der Waals surface area (Å²) in [4.78, 5) is 2.43. The SMILES string of the molecule is C#CCN(CCC)CCC1CC2CCC(C1)N2. The lowest BCUT2D eigenvalue weighted by Gasteiger charge is -2.30. The summed E-state index contributed by atoms with van der Waals surface area (Å²) in [6, 6.07) is 1.65. The standard InChI is InChI=1S/C15H26N2/c1-3-8-17(9-4-2)10-7-13-11-14-5-6-15(12-13)16-14/h1,13-16H,4-12H2,2H3. The van der Waals surface area contributed by atoms with E-state index in [0.29, 0.717) is 0 Å². The molecular formula is C15H26N2. The third-order valence-electron chi connectivity index (χ3n) is 4.28. The van der Waals surface area contributed by atoms with Crippen LogP contribution in [-0.2, 0) is 0 Å². The minimum Gasteiger partial charge on any atom is -0.311 e. The molecule has 0 aromatic rings. The van der Waals surface area contributed by atoms with Gasteiger partial charge in [0.1, 0.15) is 0 Å². The Hall–Kier alpha value is -0.520. The summed E-state index contributed by atoms with van der Waals surface area (Å²) >= 11 is 0. The van der Waals surface area contributed by atoms with Crippen molar-refractivity contribution in [2.75, 3.05) is 19.6 Å². The highest BCUT2D eigenvalue weighted by Crippen LogP contribution is 2.32. The Balaban J connectivity index is 1.71. The molecule has 2 nitrogen and oxygen atoms in total. The topological polar surface area (TPSA) is 15.3 Å². The van der Waals surface area contributed by atoms with Crippen LogP contribution in [0.15, 0.2) is 0 Å². The highest BCUT2D eigenvalue weighted by Gasteiger charge is 2.33. The number of nitrogens with one attached hydrogen (secondary N) is 1. The number of piperidine rings is 1. The van der Waals surface area contributed by atoms with Crippen LogP contribution in [0.2, 0.25) is 0 Å². The molecule has 2 unspecified atom stereocenters.